The van der Waals surface area contributed by atoms with Gasteiger partial charge in [0.15, 0.2) is 0 Å². The highest BCUT2D eigenvalue weighted by molar-refractivity contribution is 5.08. The minimum atomic E-state index is -2.42. The van der Waals surface area contributed by atoms with Gasteiger partial charge in [-0.25, -0.2) is 13.8 Å². The van der Waals surface area contributed by atoms with E-state index in [1.807, 2.05) is 4.57 Å². The van der Waals surface area contributed by atoms with Crippen LogP contribution in [0.3, 0.4) is 0 Å². The Labute approximate surface area is 106 Å². The third-order valence-corrected chi connectivity index (χ3v) is 2.90. The van der Waals surface area contributed by atoms with Gasteiger partial charge in [-0.1, -0.05) is 13.8 Å². The molecule has 1 aromatic heterocycles. The summed E-state index contributed by atoms with van der Waals surface area (Å²) in [6, 6.07) is 0. The molecule has 0 aliphatic heterocycles. The zero-order valence-corrected chi connectivity index (χ0v) is 10.9. The van der Waals surface area contributed by atoms with Crippen molar-refractivity contribution in [3.05, 3.63) is 18.2 Å². The predicted molar refractivity (Wildman–Crippen MR) is 65.7 cm³/mol. The number of rotatable bonds is 8. The summed E-state index contributed by atoms with van der Waals surface area (Å²) in [6.07, 6.45) is 1.05. The molecule has 0 radical (unpaired) electrons. The van der Waals surface area contributed by atoms with Crippen molar-refractivity contribution >= 4 is 0 Å². The van der Waals surface area contributed by atoms with Crippen LogP contribution < -0.4 is 5.73 Å². The standard InChI is InChI=1S/C12H21F2N3O/c1-9(2)10(5-15)11-6-16-8-17(11)3-4-18-7-12(13)14/h6,8-10,12H,3-5,7,15H2,1-2H3. The van der Waals surface area contributed by atoms with Crippen LogP contribution in [0, 0.1) is 5.92 Å². The number of nitrogens with two attached hydrogens (primary N) is 1. The summed E-state index contributed by atoms with van der Waals surface area (Å²) in [4.78, 5) is 4.09. The van der Waals surface area contributed by atoms with Gasteiger partial charge in [0, 0.05) is 30.9 Å². The van der Waals surface area contributed by atoms with E-state index in [1.54, 1.807) is 12.5 Å². The Morgan fingerprint density at radius 1 is 1.44 bits per heavy atom. The van der Waals surface area contributed by atoms with Gasteiger partial charge in [-0.3, -0.25) is 0 Å². The van der Waals surface area contributed by atoms with E-state index >= 15 is 0 Å². The first-order chi connectivity index (χ1) is 8.56. The molecule has 0 saturated heterocycles. The molecule has 0 aliphatic rings. The van der Waals surface area contributed by atoms with Gasteiger partial charge < -0.3 is 15.0 Å². The van der Waals surface area contributed by atoms with Crippen LogP contribution in [0.4, 0.5) is 8.78 Å². The van der Waals surface area contributed by atoms with Crippen molar-refractivity contribution in [1.82, 2.24) is 9.55 Å². The predicted octanol–water partition coefficient (Wildman–Crippen LogP) is 1.86. The number of aromatic nitrogens is 2. The molecule has 1 unspecified atom stereocenters. The first-order valence-electron chi connectivity index (χ1n) is 6.12. The van der Waals surface area contributed by atoms with Crippen LogP contribution in [0.5, 0.6) is 0 Å². The molecule has 2 N–H and O–H groups in total. The molecule has 4 nitrogen and oxygen atoms in total. The molecule has 0 saturated carbocycles. The summed E-state index contributed by atoms with van der Waals surface area (Å²) in [5, 5.41) is 0. The van der Waals surface area contributed by atoms with Crippen molar-refractivity contribution in [2.24, 2.45) is 11.7 Å². The maximum Gasteiger partial charge on any atom is 0.261 e. The number of ether oxygens (including phenoxy) is 1. The zero-order valence-electron chi connectivity index (χ0n) is 10.9. The van der Waals surface area contributed by atoms with E-state index < -0.39 is 13.0 Å². The van der Waals surface area contributed by atoms with Gasteiger partial charge in [0.05, 0.1) is 12.9 Å². The maximum absolute atomic E-state index is 11.9. The Balaban J connectivity index is 2.54. The summed E-state index contributed by atoms with van der Waals surface area (Å²) >= 11 is 0. The molecule has 0 spiro atoms. The molecule has 1 heterocycles. The summed E-state index contributed by atoms with van der Waals surface area (Å²) < 4.78 is 30.6. The molecule has 0 bridgehead atoms. The largest absolute Gasteiger partial charge is 0.374 e. The highest BCUT2D eigenvalue weighted by Crippen LogP contribution is 2.22. The first kappa shape index (κ1) is 15.0. The number of hydrogen-bond donors (Lipinski definition) is 1. The van der Waals surface area contributed by atoms with Crippen LogP contribution in [0.1, 0.15) is 25.5 Å². The molecule has 18 heavy (non-hydrogen) atoms. The average Bonchev–Trinajstić information content (AvgIpc) is 2.73. The second-order valence-corrected chi connectivity index (χ2v) is 4.56. The average molecular weight is 261 g/mol. The van der Waals surface area contributed by atoms with Crippen molar-refractivity contribution < 1.29 is 13.5 Å². The fourth-order valence-corrected chi connectivity index (χ4v) is 1.90. The summed E-state index contributed by atoms with van der Waals surface area (Å²) in [5.41, 5.74) is 6.79. The van der Waals surface area contributed by atoms with Gasteiger partial charge in [-0.05, 0) is 5.92 Å². The van der Waals surface area contributed by atoms with E-state index in [4.69, 9.17) is 10.5 Å². The van der Waals surface area contributed by atoms with Gasteiger partial charge in [-0.2, -0.15) is 0 Å². The fraction of sp³-hybridized carbons (Fsp3) is 0.750. The Hall–Kier alpha value is -1.01. The minimum Gasteiger partial charge on any atom is -0.374 e. The van der Waals surface area contributed by atoms with Crippen LogP contribution in [0.25, 0.3) is 0 Å². The number of halogens is 2. The van der Waals surface area contributed by atoms with Crippen molar-refractivity contribution in [2.45, 2.75) is 32.7 Å². The number of alkyl halides is 2. The topological polar surface area (TPSA) is 53.1 Å². The summed E-state index contributed by atoms with van der Waals surface area (Å²) in [5.74, 6) is 0.634. The van der Waals surface area contributed by atoms with Crippen molar-refractivity contribution in [1.29, 1.82) is 0 Å². The van der Waals surface area contributed by atoms with Gasteiger partial charge in [-0.15, -0.1) is 0 Å². The number of imidazole rings is 1. The van der Waals surface area contributed by atoms with Crippen LogP contribution in [-0.4, -0.2) is 35.7 Å². The first-order valence-corrected chi connectivity index (χ1v) is 6.12. The fourth-order valence-electron chi connectivity index (χ4n) is 1.90. The Morgan fingerprint density at radius 2 is 2.17 bits per heavy atom. The van der Waals surface area contributed by atoms with Crippen LogP contribution in [0.15, 0.2) is 12.5 Å². The lowest BCUT2D eigenvalue weighted by atomic mass is 9.93. The molecule has 1 rings (SSSR count). The molecular formula is C12H21F2N3O. The van der Waals surface area contributed by atoms with Crippen LogP contribution >= 0.6 is 0 Å². The van der Waals surface area contributed by atoms with E-state index in [0.29, 0.717) is 19.0 Å². The molecule has 0 amide bonds. The Morgan fingerprint density at radius 3 is 2.72 bits per heavy atom. The highest BCUT2D eigenvalue weighted by Gasteiger charge is 2.18. The minimum absolute atomic E-state index is 0.225. The van der Waals surface area contributed by atoms with Crippen LogP contribution in [0.2, 0.25) is 0 Å². The number of hydrogen-bond acceptors (Lipinski definition) is 3. The van der Waals surface area contributed by atoms with Crippen molar-refractivity contribution in [3.8, 4) is 0 Å². The second kappa shape index (κ2) is 7.43. The van der Waals surface area contributed by atoms with E-state index in [9.17, 15) is 8.78 Å². The van der Waals surface area contributed by atoms with Gasteiger partial charge in [0.2, 0.25) is 0 Å². The molecule has 0 aliphatic carbocycles. The van der Waals surface area contributed by atoms with E-state index in [0.717, 1.165) is 5.69 Å². The van der Waals surface area contributed by atoms with Gasteiger partial charge in [0.25, 0.3) is 6.43 Å². The van der Waals surface area contributed by atoms with Crippen molar-refractivity contribution in [3.63, 3.8) is 0 Å². The van der Waals surface area contributed by atoms with Gasteiger partial charge in [0.1, 0.15) is 6.61 Å². The normalized spacial score (nSPS) is 13.5. The second-order valence-electron chi connectivity index (χ2n) is 4.56. The molecule has 0 aromatic carbocycles. The Kier molecular flexibility index (Phi) is 6.21. The quantitative estimate of drug-likeness (QED) is 0.727. The lowest BCUT2D eigenvalue weighted by Crippen LogP contribution is -2.22. The van der Waals surface area contributed by atoms with Gasteiger partial charge >= 0.3 is 0 Å². The van der Waals surface area contributed by atoms with E-state index in [1.165, 1.54) is 0 Å². The summed E-state index contributed by atoms with van der Waals surface area (Å²) in [7, 11) is 0. The summed E-state index contributed by atoms with van der Waals surface area (Å²) in [6.45, 7) is 4.99. The third kappa shape index (κ3) is 4.34. The molecule has 1 aromatic rings. The lowest BCUT2D eigenvalue weighted by Gasteiger charge is -2.20. The highest BCUT2D eigenvalue weighted by atomic mass is 19.3. The SMILES string of the molecule is CC(C)C(CN)c1cncn1CCOCC(F)F. The Bertz CT molecular complexity index is 342. The maximum atomic E-state index is 11.9. The molecular weight excluding hydrogens is 240 g/mol. The molecule has 6 heteroatoms. The van der Waals surface area contributed by atoms with E-state index in [2.05, 4.69) is 18.8 Å². The molecule has 104 valence electrons. The molecule has 1 atom stereocenters. The molecule has 0 fully saturated rings. The smallest absolute Gasteiger partial charge is 0.261 e. The van der Waals surface area contributed by atoms with Crippen LogP contribution in [-0.2, 0) is 11.3 Å². The zero-order chi connectivity index (χ0) is 13.5. The van der Waals surface area contributed by atoms with E-state index in [-0.39, 0.29) is 12.5 Å². The van der Waals surface area contributed by atoms with Crippen molar-refractivity contribution in [2.75, 3.05) is 19.8 Å². The lowest BCUT2D eigenvalue weighted by molar-refractivity contribution is 0.0145. The third-order valence-electron chi connectivity index (χ3n) is 2.90. The number of nitrogens with zero attached hydrogens (tertiary/aromatic N) is 2. The monoisotopic (exact) mass is 261 g/mol.